The van der Waals surface area contributed by atoms with Crippen LogP contribution in [0.1, 0.15) is 30.5 Å². The van der Waals surface area contributed by atoms with Crippen molar-refractivity contribution in [3.8, 4) is 17.2 Å². The zero-order chi connectivity index (χ0) is 18.4. The molecule has 25 heavy (non-hydrogen) atoms. The summed E-state index contributed by atoms with van der Waals surface area (Å²) in [5.74, 6) is 1.49. The Kier molecular flexibility index (Phi) is 6.23. The Labute approximate surface area is 149 Å². The summed E-state index contributed by atoms with van der Waals surface area (Å²) in [6.07, 6.45) is 3.16. The van der Waals surface area contributed by atoms with Crippen molar-refractivity contribution in [2.45, 2.75) is 33.8 Å². The molecule has 0 atom stereocenters. The standard InChI is InChI=1S/C21H24O4/c1-14(2)24-18-11-9-17(13-19(18)23-5)10-12-20(22)25-21-15(3)7-6-8-16(21)4/h6-14H,1-5H3/b12-10+. The fraction of sp³-hybridized carbons (Fsp3) is 0.286. The molecule has 0 bridgehead atoms. The lowest BCUT2D eigenvalue weighted by atomic mass is 10.1. The van der Waals surface area contributed by atoms with Crippen LogP contribution >= 0.6 is 0 Å². The number of hydrogen-bond donors (Lipinski definition) is 0. The highest BCUT2D eigenvalue weighted by molar-refractivity contribution is 5.89. The van der Waals surface area contributed by atoms with Gasteiger partial charge in [-0.1, -0.05) is 24.3 Å². The van der Waals surface area contributed by atoms with Crippen molar-refractivity contribution in [3.05, 3.63) is 59.2 Å². The van der Waals surface area contributed by atoms with E-state index in [0.29, 0.717) is 17.2 Å². The smallest absolute Gasteiger partial charge is 0.336 e. The van der Waals surface area contributed by atoms with Crippen molar-refractivity contribution < 1.29 is 19.0 Å². The number of para-hydroxylation sites is 1. The summed E-state index contributed by atoms with van der Waals surface area (Å²) in [5, 5.41) is 0. The van der Waals surface area contributed by atoms with Crippen molar-refractivity contribution >= 4 is 12.0 Å². The fourth-order valence-electron chi connectivity index (χ4n) is 2.40. The summed E-state index contributed by atoms with van der Waals surface area (Å²) in [6, 6.07) is 11.3. The Morgan fingerprint density at radius 2 is 1.72 bits per heavy atom. The third kappa shape index (κ3) is 5.11. The Morgan fingerprint density at radius 3 is 2.32 bits per heavy atom. The first-order valence-corrected chi connectivity index (χ1v) is 8.21. The quantitative estimate of drug-likeness (QED) is 0.434. The first-order chi connectivity index (χ1) is 11.9. The van der Waals surface area contributed by atoms with Gasteiger partial charge in [0.1, 0.15) is 5.75 Å². The van der Waals surface area contributed by atoms with Crippen molar-refractivity contribution in [1.29, 1.82) is 0 Å². The summed E-state index contributed by atoms with van der Waals surface area (Å²) < 4.78 is 16.5. The molecular weight excluding hydrogens is 316 g/mol. The van der Waals surface area contributed by atoms with Gasteiger partial charge in [-0.05, 0) is 62.6 Å². The summed E-state index contributed by atoms with van der Waals surface area (Å²) in [5.41, 5.74) is 2.68. The van der Waals surface area contributed by atoms with Crippen molar-refractivity contribution in [1.82, 2.24) is 0 Å². The summed E-state index contributed by atoms with van der Waals surface area (Å²) >= 11 is 0. The van der Waals surface area contributed by atoms with Crippen molar-refractivity contribution in [2.75, 3.05) is 7.11 Å². The van der Waals surface area contributed by atoms with Gasteiger partial charge in [0.2, 0.25) is 0 Å². The highest BCUT2D eigenvalue weighted by Crippen LogP contribution is 2.29. The summed E-state index contributed by atoms with van der Waals surface area (Å²) in [4.78, 5) is 12.1. The van der Waals surface area contributed by atoms with E-state index in [0.717, 1.165) is 16.7 Å². The molecule has 0 amide bonds. The molecule has 4 nitrogen and oxygen atoms in total. The molecule has 2 aromatic carbocycles. The number of benzene rings is 2. The van der Waals surface area contributed by atoms with Crippen molar-refractivity contribution in [3.63, 3.8) is 0 Å². The van der Waals surface area contributed by atoms with Crippen LogP contribution in [0.5, 0.6) is 17.2 Å². The SMILES string of the molecule is COc1cc(/C=C/C(=O)Oc2c(C)cccc2C)ccc1OC(C)C. The van der Waals surface area contributed by atoms with E-state index < -0.39 is 5.97 Å². The van der Waals surface area contributed by atoms with E-state index in [-0.39, 0.29) is 6.10 Å². The lowest BCUT2D eigenvalue weighted by Gasteiger charge is -2.13. The molecule has 132 valence electrons. The molecule has 4 heteroatoms. The maximum atomic E-state index is 12.1. The average Bonchev–Trinajstić information content (AvgIpc) is 2.57. The van der Waals surface area contributed by atoms with Gasteiger partial charge in [0.05, 0.1) is 13.2 Å². The maximum Gasteiger partial charge on any atom is 0.336 e. The van der Waals surface area contributed by atoms with E-state index in [4.69, 9.17) is 14.2 Å². The second-order valence-electron chi connectivity index (χ2n) is 6.05. The second kappa shape index (κ2) is 8.38. The topological polar surface area (TPSA) is 44.8 Å². The molecule has 0 spiro atoms. The average molecular weight is 340 g/mol. The Morgan fingerprint density at radius 1 is 1.04 bits per heavy atom. The highest BCUT2D eigenvalue weighted by atomic mass is 16.5. The predicted molar refractivity (Wildman–Crippen MR) is 99.3 cm³/mol. The number of hydrogen-bond acceptors (Lipinski definition) is 4. The minimum atomic E-state index is -0.418. The molecule has 0 aromatic heterocycles. The van der Waals surface area contributed by atoms with Gasteiger partial charge in [0, 0.05) is 6.08 Å². The van der Waals surface area contributed by atoms with Crippen LogP contribution in [-0.4, -0.2) is 19.2 Å². The number of rotatable bonds is 6. The zero-order valence-electron chi connectivity index (χ0n) is 15.3. The van der Waals surface area contributed by atoms with Gasteiger partial charge in [-0.15, -0.1) is 0 Å². The first-order valence-electron chi connectivity index (χ1n) is 8.21. The molecule has 0 radical (unpaired) electrons. The molecule has 2 aromatic rings. The molecule has 2 rings (SSSR count). The van der Waals surface area contributed by atoms with Crippen LogP contribution in [0.15, 0.2) is 42.5 Å². The minimum absolute atomic E-state index is 0.0580. The Bertz CT molecular complexity index is 755. The zero-order valence-corrected chi connectivity index (χ0v) is 15.3. The normalized spacial score (nSPS) is 11.0. The van der Waals surface area contributed by atoms with Crippen LogP contribution in [0.2, 0.25) is 0 Å². The number of carbonyl (C=O) groups excluding carboxylic acids is 1. The minimum Gasteiger partial charge on any atom is -0.493 e. The van der Waals surface area contributed by atoms with Crippen LogP contribution in [-0.2, 0) is 4.79 Å². The second-order valence-corrected chi connectivity index (χ2v) is 6.05. The fourth-order valence-corrected chi connectivity index (χ4v) is 2.40. The van der Waals surface area contributed by atoms with E-state index in [1.165, 1.54) is 6.08 Å². The van der Waals surface area contributed by atoms with Crippen molar-refractivity contribution in [2.24, 2.45) is 0 Å². The van der Waals surface area contributed by atoms with Crippen LogP contribution in [0.3, 0.4) is 0 Å². The van der Waals surface area contributed by atoms with Crippen LogP contribution in [0.25, 0.3) is 6.08 Å². The molecule has 0 aliphatic carbocycles. The number of carbonyl (C=O) groups is 1. The number of methoxy groups -OCH3 is 1. The Hall–Kier alpha value is -2.75. The molecule has 0 fully saturated rings. The van der Waals surface area contributed by atoms with Crippen LogP contribution in [0, 0.1) is 13.8 Å². The van der Waals surface area contributed by atoms with E-state index in [1.807, 2.05) is 64.1 Å². The predicted octanol–water partition coefficient (Wildman–Crippen LogP) is 4.72. The maximum absolute atomic E-state index is 12.1. The highest BCUT2D eigenvalue weighted by Gasteiger charge is 2.09. The first kappa shape index (κ1) is 18.6. The number of esters is 1. The third-order valence-electron chi connectivity index (χ3n) is 3.57. The molecule has 0 saturated carbocycles. The van der Waals surface area contributed by atoms with Gasteiger partial charge in [0.15, 0.2) is 11.5 Å². The van der Waals surface area contributed by atoms with Gasteiger partial charge in [-0.2, -0.15) is 0 Å². The van der Waals surface area contributed by atoms with Gasteiger partial charge in [0.25, 0.3) is 0 Å². The lowest BCUT2D eigenvalue weighted by Crippen LogP contribution is -2.07. The Balaban J connectivity index is 2.12. The largest absolute Gasteiger partial charge is 0.493 e. The van der Waals surface area contributed by atoms with E-state index in [9.17, 15) is 4.79 Å². The molecule has 0 heterocycles. The lowest BCUT2D eigenvalue weighted by molar-refractivity contribution is -0.129. The summed E-state index contributed by atoms with van der Waals surface area (Å²) in [6.45, 7) is 7.74. The molecular formula is C21H24O4. The molecule has 0 aliphatic rings. The van der Waals surface area contributed by atoms with E-state index in [2.05, 4.69) is 0 Å². The van der Waals surface area contributed by atoms with E-state index >= 15 is 0 Å². The third-order valence-corrected chi connectivity index (χ3v) is 3.57. The van der Waals surface area contributed by atoms with Gasteiger partial charge in [-0.3, -0.25) is 0 Å². The van der Waals surface area contributed by atoms with Gasteiger partial charge >= 0.3 is 5.97 Å². The monoisotopic (exact) mass is 340 g/mol. The number of ether oxygens (including phenoxy) is 3. The van der Waals surface area contributed by atoms with Gasteiger partial charge in [-0.25, -0.2) is 4.79 Å². The van der Waals surface area contributed by atoms with Crippen LogP contribution < -0.4 is 14.2 Å². The molecule has 0 N–H and O–H groups in total. The van der Waals surface area contributed by atoms with Crippen LogP contribution in [0.4, 0.5) is 0 Å². The number of aryl methyl sites for hydroxylation is 2. The molecule has 0 unspecified atom stereocenters. The van der Waals surface area contributed by atoms with Gasteiger partial charge < -0.3 is 14.2 Å². The van der Waals surface area contributed by atoms with E-state index in [1.54, 1.807) is 13.2 Å². The molecule has 0 saturated heterocycles. The molecule has 0 aliphatic heterocycles. The summed E-state index contributed by atoms with van der Waals surface area (Å²) in [7, 11) is 1.59.